The van der Waals surface area contributed by atoms with Crippen molar-refractivity contribution in [1.29, 1.82) is 0 Å². The Labute approximate surface area is 138 Å². The maximum atomic E-state index is 13.6. The van der Waals surface area contributed by atoms with Crippen LogP contribution in [0.25, 0.3) is 0 Å². The van der Waals surface area contributed by atoms with Crippen molar-refractivity contribution in [2.24, 2.45) is 5.92 Å². The van der Waals surface area contributed by atoms with Gasteiger partial charge in [-0.25, -0.2) is 17.6 Å². The Balaban J connectivity index is 1.85. The van der Waals surface area contributed by atoms with Gasteiger partial charge in [-0.05, 0) is 43.0 Å². The van der Waals surface area contributed by atoms with Crippen LogP contribution in [0.15, 0.2) is 36.4 Å². The number of benzene rings is 2. The number of nitrogens with one attached hydrogen (secondary N) is 1. The molecule has 0 spiro atoms. The quantitative estimate of drug-likeness (QED) is 0.590. The van der Waals surface area contributed by atoms with Gasteiger partial charge in [-0.2, -0.15) is 0 Å². The fourth-order valence-corrected chi connectivity index (χ4v) is 3.04. The molecule has 6 heteroatoms. The SMILES string of the molecule is Fc1ccc(NN(CC2CCCC2)c2ccc(F)c(F)c2)cc1F. The Morgan fingerprint density at radius 1 is 0.833 bits per heavy atom. The second-order valence-corrected chi connectivity index (χ2v) is 6.10. The topological polar surface area (TPSA) is 15.3 Å². The number of halogens is 4. The van der Waals surface area contributed by atoms with Crippen LogP contribution in [0.2, 0.25) is 0 Å². The van der Waals surface area contributed by atoms with E-state index in [9.17, 15) is 17.6 Å². The summed E-state index contributed by atoms with van der Waals surface area (Å²) < 4.78 is 53.2. The number of rotatable bonds is 5. The molecule has 24 heavy (non-hydrogen) atoms. The van der Waals surface area contributed by atoms with Crippen molar-refractivity contribution >= 4 is 11.4 Å². The van der Waals surface area contributed by atoms with E-state index >= 15 is 0 Å². The van der Waals surface area contributed by atoms with Crippen molar-refractivity contribution < 1.29 is 17.6 Å². The number of hydrogen-bond donors (Lipinski definition) is 1. The van der Waals surface area contributed by atoms with Gasteiger partial charge in [-0.15, -0.1) is 0 Å². The zero-order valence-electron chi connectivity index (χ0n) is 13.0. The molecule has 1 N–H and O–H groups in total. The Kier molecular flexibility index (Phi) is 4.92. The summed E-state index contributed by atoms with van der Waals surface area (Å²) >= 11 is 0. The van der Waals surface area contributed by atoms with E-state index in [1.165, 1.54) is 12.1 Å². The predicted molar refractivity (Wildman–Crippen MR) is 85.6 cm³/mol. The van der Waals surface area contributed by atoms with E-state index in [4.69, 9.17) is 0 Å². The van der Waals surface area contributed by atoms with E-state index in [0.717, 1.165) is 49.9 Å². The summed E-state index contributed by atoms with van der Waals surface area (Å²) in [5.41, 5.74) is 3.75. The number of hydrazine groups is 1. The first-order valence-electron chi connectivity index (χ1n) is 7.97. The fourth-order valence-electron chi connectivity index (χ4n) is 3.04. The zero-order chi connectivity index (χ0) is 17.1. The third-order valence-corrected chi connectivity index (χ3v) is 4.31. The first kappa shape index (κ1) is 16.6. The molecule has 0 unspecified atom stereocenters. The third-order valence-electron chi connectivity index (χ3n) is 4.31. The summed E-state index contributed by atoms with van der Waals surface area (Å²) in [6.45, 7) is 0.573. The van der Waals surface area contributed by atoms with Crippen LogP contribution >= 0.6 is 0 Å². The van der Waals surface area contributed by atoms with Gasteiger partial charge < -0.3 is 0 Å². The summed E-state index contributed by atoms with van der Waals surface area (Å²) in [7, 11) is 0. The maximum Gasteiger partial charge on any atom is 0.160 e. The van der Waals surface area contributed by atoms with Crippen LogP contribution in [0, 0.1) is 29.2 Å². The Morgan fingerprint density at radius 3 is 2.08 bits per heavy atom. The van der Waals surface area contributed by atoms with E-state index in [2.05, 4.69) is 5.43 Å². The van der Waals surface area contributed by atoms with Gasteiger partial charge in [0.15, 0.2) is 23.3 Å². The highest BCUT2D eigenvalue weighted by molar-refractivity contribution is 5.55. The van der Waals surface area contributed by atoms with E-state index in [0.29, 0.717) is 23.8 Å². The number of hydrogen-bond acceptors (Lipinski definition) is 2. The molecule has 0 radical (unpaired) electrons. The van der Waals surface area contributed by atoms with Crippen molar-refractivity contribution in [3.63, 3.8) is 0 Å². The monoisotopic (exact) mass is 338 g/mol. The predicted octanol–water partition coefficient (Wildman–Crippen LogP) is 5.27. The molecule has 1 aliphatic rings. The van der Waals surface area contributed by atoms with Crippen LogP contribution in [-0.4, -0.2) is 6.54 Å². The normalized spacial score (nSPS) is 14.8. The van der Waals surface area contributed by atoms with Crippen LogP contribution in [0.5, 0.6) is 0 Å². The minimum atomic E-state index is -0.967. The highest BCUT2D eigenvalue weighted by atomic mass is 19.2. The van der Waals surface area contributed by atoms with E-state index in [-0.39, 0.29) is 0 Å². The van der Waals surface area contributed by atoms with Crippen molar-refractivity contribution in [3.8, 4) is 0 Å². The van der Waals surface area contributed by atoms with E-state index < -0.39 is 23.3 Å². The van der Waals surface area contributed by atoms with Crippen molar-refractivity contribution in [2.45, 2.75) is 25.7 Å². The maximum absolute atomic E-state index is 13.6. The second-order valence-electron chi connectivity index (χ2n) is 6.10. The molecule has 0 aliphatic heterocycles. The van der Waals surface area contributed by atoms with E-state index in [1.54, 1.807) is 5.01 Å². The molecule has 0 bridgehead atoms. The lowest BCUT2D eigenvalue weighted by Gasteiger charge is -2.29. The van der Waals surface area contributed by atoms with Gasteiger partial charge in [0.1, 0.15) is 0 Å². The lowest BCUT2D eigenvalue weighted by molar-refractivity contribution is 0.505. The van der Waals surface area contributed by atoms with Gasteiger partial charge in [0.25, 0.3) is 0 Å². The third kappa shape index (κ3) is 3.80. The second kappa shape index (κ2) is 7.11. The highest BCUT2D eigenvalue weighted by Crippen LogP contribution is 2.28. The molecule has 0 atom stereocenters. The highest BCUT2D eigenvalue weighted by Gasteiger charge is 2.20. The average Bonchev–Trinajstić information content (AvgIpc) is 3.06. The molecule has 2 aromatic carbocycles. The first-order valence-corrected chi connectivity index (χ1v) is 7.97. The van der Waals surface area contributed by atoms with Gasteiger partial charge in [0, 0.05) is 18.7 Å². The average molecular weight is 338 g/mol. The van der Waals surface area contributed by atoms with E-state index in [1.807, 2.05) is 0 Å². The van der Waals surface area contributed by atoms with Crippen LogP contribution in [0.3, 0.4) is 0 Å². The number of anilines is 2. The number of nitrogens with zero attached hydrogens (tertiary/aromatic N) is 1. The smallest absolute Gasteiger partial charge is 0.160 e. The molecule has 0 heterocycles. The van der Waals surface area contributed by atoms with Crippen LogP contribution < -0.4 is 10.4 Å². The lowest BCUT2D eigenvalue weighted by atomic mass is 10.1. The van der Waals surface area contributed by atoms with Crippen LogP contribution in [0.1, 0.15) is 25.7 Å². The Hall–Kier alpha value is -2.24. The molecular weight excluding hydrogens is 320 g/mol. The summed E-state index contributed by atoms with van der Waals surface area (Å²) in [6, 6.07) is 7.07. The summed E-state index contributed by atoms with van der Waals surface area (Å²) in [5, 5.41) is 1.66. The molecule has 1 fully saturated rings. The molecule has 1 saturated carbocycles. The Bertz CT molecular complexity index is 714. The molecule has 0 amide bonds. The minimum absolute atomic E-state index is 0.344. The molecule has 1 aliphatic carbocycles. The van der Waals surface area contributed by atoms with Gasteiger partial charge >= 0.3 is 0 Å². The molecule has 2 aromatic rings. The molecule has 0 saturated heterocycles. The summed E-state index contributed by atoms with van der Waals surface area (Å²) in [5.74, 6) is -3.36. The van der Waals surface area contributed by atoms with Gasteiger partial charge in [0.05, 0.1) is 11.4 Å². The van der Waals surface area contributed by atoms with Gasteiger partial charge in [-0.3, -0.25) is 10.4 Å². The van der Waals surface area contributed by atoms with Gasteiger partial charge in [-0.1, -0.05) is 12.8 Å². The Morgan fingerprint density at radius 2 is 1.46 bits per heavy atom. The summed E-state index contributed by atoms with van der Waals surface area (Å²) in [4.78, 5) is 0. The zero-order valence-corrected chi connectivity index (χ0v) is 13.0. The molecule has 3 rings (SSSR count). The van der Waals surface area contributed by atoms with Crippen molar-refractivity contribution in [1.82, 2.24) is 0 Å². The molecule has 128 valence electrons. The largest absolute Gasteiger partial charge is 0.298 e. The summed E-state index contributed by atoms with van der Waals surface area (Å²) in [6.07, 6.45) is 4.39. The molecular formula is C18H18F4N2. The first-order chi connectivity index (χ1) is 11.5. The minimum Gasteiger partial charge on any atom is -0.298 e. The van der Waals surface area contributed by atoms with Crippen molar-refractivity contribution in [2.75, 3.05) is 17.0 Å². The van der Waals surface area contributed by atoms with Crippen LogP contribution in [-0.2, 0) is 0 Å². The van der Waals surface area contributed by atoms with Crippen molar-refractivity contribution in [3.05, 3.63) is 59.7 Å². The molecule has 2 nitrogen and oxygen atoms in total. The molecule has 0 aromatic heterocycles. The standard InChI is InChI=1S/C18H18F4N2/c19-15-7-5-13(9-17(15)21)23-24(11-12-3-1-2-4-12)14-6-8-16(20)18(22)10-14/h5-10,12,23H,1-4,11H2. The van der Waals surface area contributed by atoms with Crippen LogP contribution in [0.4, 0.5) is 28.9 Å². The lowest BCUT2D eigenvalue weighted by Crippen LogP contribution is -2.34. The fraction of sp³-hybridized carbons (Fsp3) is 0.333. The van der Waals surface area contributed by atoms with Gasteiger partial charge in [0.2, 0.25) is 0 Å².